The number of hydrogen-bond acceptors (Lipinski definition) is 7. The standard InChI is InChI=1S/C9H8F3NO2.C9H12O5S2/c1-15-7-4-2-6(3-5-7)8(13-14)9(10,11)12;1-8-2-4-9(5-3-8)15(10,11)6-7-16(12,13)14/h2-5,14H,1H3;2-5H,6-7H2,1H3,(H,12,13,14)/b13-8-;. The van der Waals surface area contributed by atoms with E-state index in [1.807, 2.05) is 6.92 Å². The van der Waals surface area contributed by atoms with Crippen molar-refractivity contribution < 1.29 is 44.5 Å². The summed E-state index contributed by atoms with van der Waals surface area (Å²) in [4.78, 5) is 0.0572. The Morgan fingerprint density at radius 3 is 1.87 bits per heavy atom. The minimum Gasteiger partial charge on any atom is -0.497 e. The Morgan fingerprint density at radius 1 is 0.968 bits per heavy atom. The van der Waals surface area contributed by atoms with E-state index in [0.29, 0.717) is 5.75 Å². The molecule has 0 aliphatic carbocycles. The van der Waals surface area contributed by atoms with E-state index in [2.05, 4.69) is 5.16 Å². The molecule has 0 aliphatic heterocycles. The third kappa shape index (κ3) is 8.94. The van der Waals surface area contributed by atoms with Crippen LogP contribution in [0.4, 0.5) is 13.2 Å². The topological polar surface area (TPSA) is 130 Å². The van der Waals surface area contributed by atoms with Crippen LogP contribution in [0.3, 0.4) is 0 Å². The third-order valence-electron chi connectivity index (χ3n) is 3.72. The summed E-state index contributed by atoms with van der Waals surface area (Å²) in [7, 11) is -6.50. The maximum Gasteiger partial charge on any atom is 0.437 e. The van der Waals surface area contributed by atoms with Crippen LogP contribution in [-0.4, -0.2) is 57.1 Å². The minimum atomic E-state index is -4.68. The Labute approximate surface area is 177 Å². The van der Waals surface area contributed by atoms with Gasteiger partial charge in [0.25, 0.3) is 10.1 Å². The molecule has 0 saturated heterocycles. The van der Waals surface area contributed by atoms with E-state index in [-0.39, 0.29) is 10.5 Å². The molecule has 2 rings (SSSR count). The molecule has 0 fully saturated rings. The highest BCUT2D eigenvalue weighted by atomic mass is 32.2. The first-order valence-corrected chi connectivity index (χ1v) is 11.6. The first-order valence-electron chi connectivity index (χ1n) is 8.38. The van der Waals surface area contributed by atoms with E-state index < -0.39 is 43.3 Å². The molecule has 0 unspecified atom stereocenters. The second-order valence-corrected chi connectivity index (χ2v) is 9.77. The maximum atomic E-state index is 12.3. The summed E-state index contributed by atoms with van der Waals surface area (Å²) in [5.74, 6) is -0.976. The molecule has 31 heavy (non-hydrogen) atoms. The highest BCUT2D eigenvalue weighted by Crippen LogP contribution is 2.23. The van der Waals surface area contributed by atoms with Gasteiger partial charge in [0.2, 0.25) is 0 Å². The first-order chi connectivity index (χ1) is 14.2. The van der Waals surface area contributed by atoms with Crippen molar-refractivity contribution in [1.82, 2.24) is 0 Å². The second-order valence-electron chi connectivity index (χ2n) is 6.09. The number of ether oxygens (including phenoxy) is 1. The van der Waals surface area contributed by atoms with Crippen molar-refractivity contribution in [1.29, 1.82) is 0 Å². The largest absolute Gasteiger partial charge is 0.497 e. The monoisotopic (exact) mass is 483 g/mol. The number of nitrogens with zero attached hydrogens (tertiary/aromatic N) is 1. The number of alkyl halides is 3. The molecule has 13 heteroatoms. The zero-order valence-corrected chi connectivity index (χ0v) is 18.0. The molecule has 172 valence electrons. The maximum absolute atomic E-state index is 12.3. The van der Waals surface area contributed by atoms with Crippen LogP contribution in [-0.2, 0) is 20.0 Å². The van der Waals surface area contributed by atoms with Crippen molar-refractivity contribution in [2.24, 2.45) is 5.16 Å². The molecule has 0 heterocycles. The fourth-order valence-electron chi connectivity index (χ4n) is 2.11. The third-order valence-corrected chi connectivity index (χ3v) is 6.43. The first kappa shape index (κ1) is 26.4. The van der Waals surface area contributed by atoms with Gasteiger partial charge in [0, 0.05) is 5.56 Å². The summed E-state index contributed by atoms with van der Waals surface area (Å²) >= 11 is 0. The van der Waals surface area contributed by atoms with Crippen LogP contribution in [0.15, 0.2) is 58.6 Å². The predicted octanol–water partition coefficient (Wildman–Crippen LogP) is 3.09. The number of sulfone groups is 1. The van der Waals surface area contributed by atoms with Gasteiger partial charge in [-0.15, -0.1) is 0 Å². The summed E-state index contributed by atoms with van der Waals surface area (Å²) in [6.45, 7) is 1.81. The minimum absolute atomic E-state index is 0.0572. The average Bonchev–Trinajstić information content (AvgIpc) is 2.67. The lowest BCUT2D eigenvalue weighted by molar-refractivity contribution is -0.0601. The summed E-state index contributed by atoms with van der Waals surface area (Å²) in [6.07, 6.45) is -4.68. The number of oxime groups is 1. The van der Waals surface area contributed by atoms with E-state index in [1.54, 1.807) is 12.1 Å². The van der Waals surface area contributed by atoms with Crippen molar-refractivity contribution in [2.75, 3.05) is 18.6 Å². The Balaban J connectivity index is 0.000000311. The van der Waals surface area contributed by atoms with Gasteiger partial charge in [0.15, 0.2) is 15.5 Å². The van der Waals surface area contributed by atoms with Crippen LogP contribution in [0.25, 0.3) is 0 Å². The normalized spacial score (nSPS) is 12.6. The molecular formula is C18H20F3NO7S2. The van der Waals surface area contributed by atoms with E-state index in [0.717, 1.165) is 5.56 Å². The smallest absolute Gasteiger partial charge is 0.437 e. The SMILES string of the molecule is COc1ccc(/C(=N/O)C(F)(F)F)cc1.Cc1ccc(S(=O)(=O)CCS(=O)(=O)O)cc1. The van der Waals surface area contributed by atoms with Gasteiger partial charge in [0.05, 0.1) is 23.5 Å². The van der Waals surface area contributed by atoms with Crippen LogP contribution >= 0.6 is 0 Å². The number of benzene rings is 2. The summed E-state index contributed by atoms with van der Waals surface area (Å²) in [6, 6.07) is 11.1. The zero-order chi connectivity index (χ0) is 23.9. The van der Waals surface area contributed by atoms with Crippen molar-refractivity contribution in [2.45, 2.75) is 18.0 Å². The number of rotatable bonds is 6. The predicted molar refractivity (Wildman–Crippen MR) is 107 cm³/mol. The number of aryl methyl sites for hydroxylation is 1. The van der Waals surface area contributed by atoms with Crippen LogP contribution in [0.1, 0.15) is 11.1 Å². The van der Waals surface area contributed by atoms with E-state index in [1.165, 1.54) is 43.5 Å². The van der Waals surface area contributed by atoms with Gasteiger partial charge < -0.3 is 9.94 Å². The highest BCUT2D eigenvalue weighted by Gasteiger charge is 2.37. The summed E-state index contributed by atoms with van der Waals surface area (Å²) in [5.41, 5.74) is -0.635. The molecule has 2 aromatic rings. The molecule has 0 aliphatic rings. The molecule has 0 amide bonds. The lowest BCUT2D eigenvalue weighted by atomic mass is 10.1. The van der Waals surface area contributed by atoms with Crippen LogP contribution in [0, 0.1) is 6.92 Å². The number of hydrogen-bond donors (Lipinski definition) is 2. The highest BCUT2D eigenvalue weighted by molar-refractivity contribution is 7.93. The van der Waals surface area contributed by atoms with Crippen molar-refractivity contribution >= 4 is 25.7 Å². The second kappa shape index (κ2) is 10.6. The van der Waals surface area contributed by atoms with Gasteiger partial charge in [-0.1, -0.05) is 22.9 Å². The van der Waals surface area contributed by atoms with Crippen molar-refractivity contribution in [3.8, 4) is 5.75 Å². The van der Waals surface area contributed by atoms with Gasteiger partial charge in [-0.05, 0) is 43.3 Å². The summed E-state index contributed by atoms with van der Waals surface area (Å²) < 4.78 is 94.2. The Hall–Kier alpha value is -2.64. The molecular weight excluding hydrogens is 463 g/mol. The van der Waals surface area contributed by atoms with Crippen molar-refractivity contribution in [3.63, 3.8) is 0 Å². The Bertz CT molecular complexity index is 1090. The molecule has 0 spiro atoms. The quantitative estimate of drug-likeness (QED) is 0.279. The Kier molecular flexibility index (Phi) is 9.02. The van der Waals surface area contributed by atoms with Crippen LogP contribution < -0.4 is 4.74 Å². The van der Waals surface area contributed by atoms with Gasteiger partial charge >= 0.3 is 6.18 Å². The van der Waals surface area contributed by atoms with Gasteiger partial charge in [0.1, 0.15) is 5.75 Å². The molecule has 2 aromatic carbocycles. The van der Waals surface area contributed by atoms with Gasteiger partial charge in [-0.3, -0.25) is 4.55 Å². The lowest BCUT2D eigenvalue weighted by Crippen LogP contribution is -2.23. The molecule has 2 N–H and O–H groups in total. The number of methoxy groups -OCH3 is 1. The Morgan fingerprint density at radius 2 is 1.48 bits per heavy atom. The van der Waals surface area contributed by atoms with Gasteiger partial charge in [-0.25, -0.2) is 8.42 Å². The molecule has 0 saturated carbocycles. The van der Waals surface area contributed by atoms with Crippen LogP contribution in [0.2, 0.25) is 0 Å². The van der Waals surface area contributed by atoms with Gasteiger partial charge in [-0.2, -0.15) is 21.6 Å². The fourth-order valence-corrected chi connectivity index (χ4v) is 4.61. The molecule has 8 nitrogen and oxygen atoms in total. The zero-order valence-electron chi connectivity index (χ0n) is 16.4. The van der Waals surface area contributed by atoms with Crippen molar-refractivity contribution in [3.05, 3.63) is 59.7 Å². The molecule has 0 bridgehead atoms. The fraction of sp³-hybridized carbons (Fsp3) is 0.278. The van der Waals surface area contributed by atoms with E-state index in [4.69, 9.17) is 14.5 Å². The number of halogens is 3. The van der Waals surface area contributed by atoms with Crippen LogP contribution in [0.5, 0.6) is 5.75 Å². The lowest BCUT2D eigenvalue weighted by Gasteiger charge is -2.08. The van der Waals surface area contributed by atoms with E-state index >= 15 is 0 Å². The average molecular weight is 483 g/mol. The molecule has 0 radical (unpaired) electrons. The molecule has 0 atom stereocenters. The molecule has 0 aromatic heterocycles. The summed E-state index contributed by atoms with van der Waals surface area (Å²) in [5, 5.41) is 10.5. The van der Waals surface area contributed by atoms with E-state index in [9.17, 15) is 30.0 Å².